The summed E-state index contributed by atoms with van der Waals surface area (Å²) in [5.74, 6) is 1.02. The van der Waals surface area contributed by atoms with E-state index in [1.54, 1.807) is 0 Å². The maximum absolute atomic E-state index is 13.2. The lowest BCUT2D eigenvalue weighted by Crippen LogP contribution is -2.51. The summed E-state index contributed by atoms with van der Waals surface area (Å²) in [4.78, 5) is 35.7. The summed E-state index contributed by atoms with van der Waals surface area (Å²) < 4.78 is 1.88. The number of hydrogen-bond acceptors (Lipinski definition) is 4. The molecule has 0 aromatic carbocycles. The first kappa shape index (κ1) is 16.3. The summed E-state index contributed by atoms with van der Waals surface area (Å²) in [7, 11) is 0. The summed E-state index contributed by atoms with van der Waals surface area (Å²) in [5, 5.41) is 1.95. The number of rotatable bonds is 3. The van der Waals surface area contributed by atoms with Gasteiger partial charge >= 0.3 is 0 Å². The fourth-order valence-corrected chi connectivity index (χ4v) is 5.42. The summed E-state index contributed by atoms with van der Waals surface area (Å²) in [6, 6.07) is 0. The molecule has 4 heterocycles. The number of imidazole rings is 1. The highest BCUT2D eigenvalue weighted by Gasteiger charge is 2.50. The van der Waals surface area contributed by atoms with Gasteiger partial charge in [-0.2, -0.15) is 0 Å². The van der Waals surface area contributed by atoms with Crippen LogP contribution in [0.2, 0.25) is 0 Å². The molecule has 0 unspecified atom stereocenters. The van der Waals surface area contributed by atoms with Crippen molar-refractivity contribution in [1.82, 2.24) is 19.2 Å². The normalized spacial score (nSPS) is 26.4. The Hall–Kier alpha value is -1.89. The first-order chi connectivity index (χ1) is 12.6. The van der Waals surface area contributed by atoms with Crippen LogP contribution in [0.5, 0.6) is 0 Å². The molecule has 3 aliphatic rings. The van der Waals surface area contributed by atoms with Crippen LogP contribution in [-0.2, 0) is 4.79 Å². The van der Waals surface area contributed by atoms with E-state index in [4.69, 9.17) is 0 Å². The van der Waals surface area contributed by atoms with Crippen LogP contribution in [0.25, 0.3) is 4.96 Å². The van der Waals surface area contributed by atoms with Gasteiger partial charge in [0.2, 0.25) is 5.91 Å². The highest BCUT2D eigenvalue weighted by molar-refractivity contribution is 7.15. The van der Waals surface area contributed by atoms with E-state index in [9.17, 15) is 9.59 Å². The fourth-order valence-electron chi connectivity index (χ4n) is 4.66. The summed E-state index contributed by atoms with van der Waals surface area (Å²) in [5.41, 5.74) is 1.07. The van der Waals surface area contributed by atoms with Gasteiger partial charge < -0.3 is 9.80 Å². The molecule has 26 heavy (non-hydrogen) atoms. The Labute approximate surface area is 156 Å². The first-order valence-corrected chi connectivity index (χ1v) is 10.5. The van der Waals surface area contributed by atoms with E-state index in [-0.39, 0.29) is 17.2 Å². The van der Waals surface area contributed by atoms with Crippen molar-refractivity contribution in [2.45, 2.75) is 39.0 Å². The summed E-state index contributed by atoms with van der Waals surface area (Å²) in [6.45, 7) is 4.93. The number of piperidine rings is 1. The van der Waals surface area contributed by atoms with Gasteiger partial charge in [-0.3, -0.25) is 14.0 Å². The number of nitrogens with zero attached hydrogens (tertiary/aromatic N) is 4. The predicted molar refractivity (Wildman–Crippen MR) is 99.3 cm³/mol. The van der Waals surface area contributed by atoms with Gasteiger partial charge in [0, 0.05) is 37.8 Å². The fraction of sp³-hybridized carbons (Fsp3) is 0.632. The SMILES string of the molecule is Cc1nc2sccn2c1C(=O)N1CC[C@]2(CCCN(CC3CC3)C2=O)C1. The van der Waals surface area contributed by atoms with Crippen molar-refractivity contribution < 1.29 is 9.59 Å². The van der Waals surface area contributed by atoms with Crippen molar-refractivity contribution in [1.29, 1.82) is 0 Å². The molecular formula is C19H24N4O2S. The summed E-state index contributed by atoms with van der Waals surface area (Å²) >= 11 is 1.54. The van der Waals surface area contributed by atoms with Crippen molar-refractivity contribution in [2.75, 3.05) is 26.2 Å². The third-order valence-corrected chi connectivity index (χ3v) is 7.04. The minimum Gasteiger partial charge on any atom is -0.342 e. The Bertz CT molecular complexity index is 883. The van der Waals surface area contributed by atoms with Gasteiger partial charge in [0.05, 0.1) is 11.1 Å². The van der Waals surface area contributed by atoms with Gasteiger partial charge in [0.1, 0.15) is 5.69 Å². The third-order valence-electron chi connectivity index (χ3n) is 6.28. The van der Waals surface area contributed by atoms with E-state index in [0.29, 0.717) is 18.8 Å². The number of carbonyl (C=O) groups is 2. The zero-order valence-corrected chi connectivity index (χ0v) is 15.9. The molecule has 2 aromatic heterocycles. The maximum atomic E-state index is 13.2. The monoisotopic (exact) mass is 372 g/mol. The maximum Gasteiger partial charge on any atom is 0.272 e. The van der Waals surface area contributed by atoms with Crippen molar-refractivity contribution in [2.24, 2.45) is 11.3 Å². The average Bonchev–Trinajstić information content (AvgIpc) is 3.02. The number of carbonyl (C=O) groups excluding carboxylic acids is 2. The molecule has 2 saturated heterocycles. The van der Waals surface area contributed by atoms with Gasteiger partial charge in [-0.15, -0.1) is 11.3 Å². The van der Waals surface area contributed by atoms with Crippen molar-refractivity contribution in [3.63, 3.8) is 0 Å². The standard InChI is InChI=1S/C19H24N4O2S/c1-13-15(23-9-10-26-18(23)20-13)16(24)22-8-6-19(12-22)5-2-7-21(17(19)25)11-14-3-4-14/h9-10,14H,2-8,11-12H2,1H3/t19-/m1/s1. The molecule has 1 saturated carbocycles. The molecule has 138 valence electrons. The van der Waals surface area contributed by atoms with Crippen molar-refractivity contribution >= 4 is 28.1 Å². The second kappa shape index (κ2) is 5.81. The van der Waals surface area contributed by atoms with Crippen LogP contribution in [0, 0.1) is 18.3 Å². The molecule has 2 aliphatic heterocycles. The lowest BCUT2D eigenvalue weighted by Gasteiger charge is -2.39. The number of amides is 2. The van der Waals surface area contributed by atoms with Crippen LogP contribution < -0.4 is 0 Å². The number of aryl methyl sites for hydroxylation is 1. The molecule has 7 heteroatoms. The molecule has 3 fully saturated rings. The van der Waals surface area contributed by atoms with Crippen LogP contribution in [0.15, 0.2) is 11.6 Å². The van der Waals surface area contributed by atoms with Crippen LogP contribution in [0.1, 0.15) is 48.3 Å². The van der Waals surface area contributed by atoms with E-state index >= 15 is 0 Å². The van der Waals surface area contributed by atoms with E-state index < -0.39 is 0 Å². The molecule has 1 aliphatic carbocycles. The molecule has 5 rings (SSSR count). The second-order valence-corrected chi connectivity index (χ2v) is 9.03. The quantitative estimate of drug-likeness (QED) is 0.832. The van der Waals surface area contributed by atoms with E-state index in [1.165, 1.54) is 24.2 Å². The molecule has 0 radical (unpaired) electrons. The van der Waals surface area contributed by atoms with Gasteiger partial charge in [-0.25, -0.2) is 4.98 Å². The second-order valence-electron chi connectivity index (χ2n) is 8.16. The van der Waals surface area contributed by atoms with Crippen LogP contribution in [0.4, 0.5) is 0 Å². The van der Waals surface area contributed by atoms with Gasteiger partial charge in [-0.1, -0.05) is 0 Å². The Morgan fingerprint density at radius 3 is 3.00 bits per heavy atom. The average molecular weight is 372 g/mol. The van der Waals surface area contributed by atoms with E-state index in [0.717, 1.165) is 48.9 Å². The highest BCUT2D eigenvalue weighted by atomic mass is 32.1. The molecule has 1 spiro atoms. The molecule has 6 nitrogen and oxygen atoms in total. The lowest BCUT2D eigenvalue weighted by molar-refractivity contribution is -0.145. The zero-order valence-electron chi connectivity index (χ0n) is 15.1. The molecular weight excluding hydrogens is 348 g/mol. The molecule has 1 atom stereocenters. The highest BCUT2D eigenvalue weighted by Crippen LogP contribution is 2.42. The lowest BCUT2D eigenvalue weighted by atomic mass is 9.78. The first-order valence-electron chi connectivity index (χ1n) is 9.58. The van der Waals surface area contributed by atoms with Crippen molar-refractivity contribution in [3.05, 3.63) is 23.0 Å². The van der Waals surface area contributed by atoms with E-state index in [2.05, 4.69) is 9.88 Å². The minimum absolute atomic E-state index is 0.0115. The zero-order chi connectivity index (χ0) is 17.9. The Morgan fingerprint density at radius 2 is 2.19 bits per heavy atom. The van der Waals surface area contributed by atoms with Gasteiger partial charge in [0.15, 0.2) is 4.96 Å². The molecule has 0 N–H and O–H groups in total. The van der Waals surface area contributed by atoms with Gasteiger partial charge in [0.25, 0.3) is 5.91 Å². The molecule has 2 amide bonds. The van der Waals surface area contributed by atoms with Crippen LogP contribution in [0.3, 0.4) is 0 Å². The topological polar surface area (TPSA) is 57.9 Å². The Kier molecular flexibility index (Phi) is 3.64. The smallest absolute Gasteiger partial charge is 0.272 e. The largest absolute Gasteiger partial charge is 0.342 e. The van der Waals surface area contributed by atoms with Gasteiger partial charge in [-0.05, 0) is 44.9 Å². The number of fused-ring (bicyclic) bond motifs is 1. The summed E-state index contributed by atoms with van der Waals surface area (Å²) in [6.07, 6.45) is 7.19. The van der Waals surface area contributed by atoms with Crippen molar-refractivity contribution in [3.8, 4) is 0 Å². The Morgan fingerprint density at radius 1 is 1.35 bits per heavy atom. The number of thiazole rings is 1. The molecule has 2 aromatic rings. The number of hydrogen-bond donors (Lipinski definition) is 0. The third kappa shape index (κ3) is 2.47. The predicted octanol–water partition coefficient (Wildman–Crippen LogP) is 2.57. The van der Waals surface area contributed by atoms with Crippen LogP contribution in [-0.4, -0.2) is 57.2 Å². The number of likely N-dealkylation sites (tertiary alicyclic amines) is 2. The molecule has 0 bridgehead atoms. The Balaban J connectivity index is 1.37. The number of aromatic nitrogens is 2. The minimum atomic E-state index is -0.352. The van der Waals surface area contributed by atoms with Crippen LogP contribution >= 0.6 is 11.3 Å². The van der Waals surface area contributed by atoms with E-state index in [1.807, 2.05) is 27.8 Å².